The maximum absolute atomic E-state index is 9.65. The summed E-state index contributed by atoms with van der Waals surface area (Å²) in [6.45, 7) is 2.04. The van der Waals surface area contributed by atoms with Gasteiger partial charge in [0, 0.05) is 0 Å². The molecule has 0 N–H and O–H groups in total. The third-order valence-corrected chi connectivity index (χ3v) is 1.45. The summed E-state index contributed by atoms with van der Waals surface area (Å²) in [5.41, 5.74) is 0. The molecule has 0 aromatic rings. The Bertz CT molecular complexity index is 14.4. The fourth-order valence-corrected chi connectivity index (χ4v) is 0.421. The summed E-state index contributed by atoms with van der Waals surface area (Å²) in [7, 11) is 0. The third-order valence-electron chi connectivity index (χ3n) is 0.352. The van der Waals surface area contributed by atoms with Gasteiger partial charge < -0.3 is 0 Å². The van der Waals surface area contributed by atoms with E-state index < -0.39 is 19.5 Å². The van der Waals surface area contributed by atoms with Gasteiger partial charge in [0.15, 0.2) is 0 Å². The van der Waals surface area contributed by atoms with Crippen LogP contribution >= 0.6 is 0 Å². The summed E-state index contributed by atoms with van der Waals surface area (Å²) in [4.78, 5) is 0. The Kier molecular flexibility index (Phi) is 5.30. The van der Waals surface area contributed by atoms with E-state index in [1.807, 2.05) is 6.92 Å². The summed E-state index contributed by atoms with van der Waals surface area (Å²) < 4.78 is 10.6. The third kappa shape index (κ3) is 4.67. The molecule has 5 heavy (non-hydrogen) atoms. The van der Waals surface area contributed by atoms with Crippen LogP contribution in [0, 0.1) is 0 Å². The molecule has 0 bridgehead atoms. The van der Waals surface area contributed by atoms with Crippen LogP contribution in [0.5, 0.6) is 0 Å². The van der Waals surface area contributed by atoms with Crippen molar-refractivity contribution in [2.24, 2.45) is 0 Å². The van der Waals surface area contributed by atoms with Gasteiger partial charge in [0.1, 0.15) is 0 Å². The Morgan fingerprint density at radius 2 is 2.40 bits per heavy atom. The molecule has 0 fully saturated rings. The van der Waals surface area contributed by atoms with Crippen molar-refractivity contribution >= 4 is 0 Å². The maximum atomic E-state index is 9.65. The molecule has 2 heteroatoms. The fourth-order valence-electron chi connectivity index (χ4n) is 0.102. The molecule has 0 aromatic heterocycles. The van der Waals surface area contributed by atoms with Crippen molar-refractivity contribution in [2.45, 2.75) is 18.1 Å². The Morgan fingerprint density at radius 3 is 2.40 bits per heavy atom. The fraction of sp³-hybridized carbons (Fsp3) is 1.00. The second-order valence-electron chi connectivity index (χ2n) is 0.894. The average Bonchev–Trinajstić information content (AvgIpc) is 1.41. The normalized spacial score (nSPS) is 7.60. The first-order valence-electron chi connectivity index (χ1n) is 1.76. The molecule has 0 heterocycles. The number of hydrogen-bond acceptors (Lipinski definition) is 1. The molecule has 0 saturated carbocycles. The minimum absolute atomic E-state index is 0.743. The first kappa shape index (κ1) is 5.67. The van der Waals surface area contributed by atoms with Crippen LogP contribution in [-0.4, -0.2) is 0 Å². The monoisotopic (exact) mass is 107 g/mol. The van der Waals surface area contributed by atoms with Gasteiger partial charge in [0.25, 0.3) is 0 Å². The van der Waals surface area contributed by atoms with Crippen molar-refractivity contribution in [3.63, 3.8) is 0 Å². The van der Waals surface area contributed by atoms with Crippen molar-refractivity contribution in [2.75, 3.05) is 0 Å². The van der Waals surface area contributed by atoms with E-state index in [9.17, 15) is 3.69 Å². The predicted molar refractivity (Wildman–Crippen MR) is 15.1 cm³/mol. The Hall–Kier alpha value is 0.674. The molecule has 0 aliphatic carbocycles. The SMILES string of the molecule is CC[CH2][Ti][O-]. The van der Waals surface area contributed by atoms with E-state index in [2.05, 4.69) is 0 Å². The Balaban J connectivity index is 2.19. The van der Waals surface area contributed by atoms with Crippen LogP contribution in [-0.2, 0) is 19.5 Å². The van der Waals surface area contributed by atoms with Crippen LogP contribution in [0.15, 0.2) is 0 Å². The molecule has 0 atom stereocenters. The molecule has 0 radical (unpaired) electrons. The second kappa shape index (κ2) is 4.67. The van der Waals surface area contributed by atoms with E-state index in [1.54, 1.807) is 0 Å². The van der Waals surface area contributed by atoms with Crippen LogP contribution in [0.2, 0.25) is 4.73 Å². The summed E-state index contributed by atoms with van der Waals surface area (Å²) in [6.07, 6.45) is 1.09. The van der Waals surface area contributed by atoms with Gasteiger partial charge in [0.05, 0.1) is 0 Å². The van der Waals surface area contributed by atoms with Crippen LogP contribution in [0.1, 0.15) is 13.3 Å². The van der Waals surface area contributed by atoms with Gasteiger partial charge in [-0.1, -0.05) is 0 Å². The first-order chi connectivity index (χ1) is 2.41. The zero-order chi connectivity index (χ0) is 4.12. The molecular weight excluding hydrogens is 99.9 g/mol. The zero-order valence-corrected chi connectivity index (χ0v) is 4.88. The second-order valence-corrected chi connectivity index (χ2v) is 2.13. The summed E-state index contributed by atoms with van der Waals surface area (Å²) >= 11 is -0.743. The molecular formula is C3H7OTi-. The Labute approximate surface area is 41.8 Å². The topological polar surface area (TPSA) is 23.1 Å². The van der Waals surface area contributed by atoms with Crippen molar-refractivity contribution in [1.29, 1.82) is 0 Å². The van der Waals surface area contributed by atoms with Gasteiger partial charge in [-0.2, -0.15) is 0 Å². The van der Waals surface area contributed by atoms with Crippen LogP contribution < -0.4 is 3.69 Å². The van der Waals surface area contributed by atoms with Crippen LogP contribution in [0.4, 0.5) is 0 Å². The van der Waals surface area contributed by atoms with E-state index in [-0.39, 0.29) is 0 Å². The standard InChI is InChI=1S/C3H7.O.Ti/c1-3-2;;/h1,3H2,2H3;;/q;-1;. The predicted octanol–water partition coefficient (Wildman–Crippen LogP) is 0.172. The first-order valence-corrected chi connectivity index (χ1v) is 3.51. The van der Waals surface area contributed by atoms with Gasteiger partial charge >= 0.3 is 41.3 Å². The molecule has 0 aromatic carbocycles. The molecule has 0 unspecified atom stereocenters. The molecule has 0 aliphatic heterocycles. The minimum atomic E-state index is -0.743. The van der Waals surface area contributed by atoms with Gasteiger partial charge in [0.2, 0.25) is 0 Å². The summed E-state index contributed by atoms with van der Waals surface area (Å²) in [6, 6.07) is 0. The zero-order valence-electron chi connectivity index (χ0n) is 3.32. The van der Waals surface area contributed by atoms with Crippen LogP contribution in [0.25, 0.3) is 0 Å². The molecule has 0 saturated heterocycles. The van der Waals surface area contributed by atoms with Crippen molar-refractivity contribution in [3.8, 4) is 0 Å². The van der Waals surface area contributed by atoms with E-state index >= 15 is 0 Å². The molecule has 0 rings (SSSR count). The van der Waals surface area contributed by atoms with Gasteiger partial charge in [-0.3, -0.25) is 0 Å². The van der Waals surface area contributed by atoms with Crippen LogP contribution in [0.3, 0.4) is 0 Å². The Morgan fingerprint density at radius 1 is 1.80 bits per heavy atom. The van der Waals surface area contributed by atoms with E-state index in [4.69, 9.17) is 0 Å². The van der Waals surface area contributed by atoms with Gasteiger partial charge in [-0.05, 0) is 0 Å². The number of rotatable bonds is 2. The molecule has 30 valence electrons. The molecule has 0 aliphatic rings. The van der Waals surface area contributed by atoms with E-state index in [0.29, 0.717) is 0 Å². The molecule has 0 spiro atoms. The van der Waals surface area contributed by atoms with Crippen molar-refractivity contribution < 1.29 is 23.2 Å². The molecule has 1 nitrogen and oxygen atoms in total. The van der Waals surface area contributed by atoms with Gasteiger partial charge in [-0.25, -0.2) is 0 Å². The summed E-state index contributed by atoms with van der Waals surface area (Å²) in [5.74, 6) is 0. The summed E-state index contributed by atoms with van der Waals surface area (Å²) in [5, 5.41) is 0. The molecule has 0 amide bonds. The van der Waals surface area contributed by atoms with Crippen molar-refractivity contribution in [3.05, 3.63) is 0 Å². The van der Waals surface area contributed by atoms with E-state index in [1.165, 1.54) is 0 Å². The number of hydrogen-bond donors (Lipinski definition) is 0. The van der Waals surface area contributed by atoms with E-state index in [0.717, 1.165) is 11.1 Å². The van der Waals surface area contributed by atoms with Crippen molar-refractivity contribution in [1.82, 2.24) is 0 Å². The van der Waals surface area contributed by atoms with Gasteiger partial charge in [-0.15, -0.1) is 0 Å². The quantitative estimate of drug-likeness (QED) is 0.461. The average molecular weight is 107 g/mol.